The van der Waals surface area contributed by atoms with Gasteiger partial charge in [-0.1, -0.05) is 44.2 Å². The topological polar surface area (TPSA) is 65.0 Å². The molecule has 0 fully saturated rings. The van der Waals surface area contributed by atoms with Crippen LogP contribution in [-0.4, -0.2) is 30.9 Å². The van der Waals surface area contributed by atoms with Crippen molar-refractivity contribution in [2.45, 2.75) is 32.1 Å². The molecule has 0 atom stereocenters. The van der Waals surface area contributed by atoms with Crippen molar-refractivity contribution < 1.29 is 24.1 Å². The van der Waals surface area contributed by atoms with Gasteiger partial charge in [0.05, 0.1) is 12.2 Å². The molecular formula is C21H28O5. The number of hydrogen-bond donors (Lipinski definition) is 1. The number of benzene rings is 1. The Balaban J connectivity index is 2.88. The quantitative estimate of drug-likeness (QED) is 0.351. The van der Waals surface area contributed by atoms with Gasteiger partial charge in [0.2, 0.25) is 5.75 Å². The van der Waals surface area contributed by atoms with E-state index in [0.717, 1.165) is 32.1 Å². The standard InChI is InChI=1S/C21H28O5/c1-4-7-8-9-10-11-14-26-20-18(24-12-5-2)15-17(21(22)23)16-19(20)25-13-6-3/h4-6,15-16H,1-3,7-14H2,(H,22,23). The summed E-state index contributed by atoms with van der Waals surface area (Å²) >= 11 is 0. The summed E-state index contributed by atoms with van der Waals surface area (Å²) < 4.78 is 17.0. The smallest absolute Gasteiger partial charge is 0.335 e. The van der Waals surface area contributed by atoms with E-state index in [9.17, 15) is 9.90 Å². The number of rotatable bonds is 15. The highest BCUT2D eigenvalue weighted by molar-refractivity contribution is 5.89. The van der Waals surface area contributed by atoms with Gasteiger partial charge in [0.1, 0.15) is 13.2 Å². The molecule has 0 radical (unpaired) electrons. The van der Waals surface area contributed by atoms with Gasteiger partial charge in [-0.15, -0.1) is 6.58 Å². The summed E-state index contributed by atoms with van der Waals surface area (Å²) in [5, 5.41) is 9.29. The second-order valence-electron chi connectivity index (χ2n) is 5.65. The lowest BCUT2D eigenvalue weighted by Gasteiger charge is -2.17. The van der Waals surface area contributed by atoms with Gasteiger partial charge in [-0.05, 0) is 31.4 Å². The van der Waals surface area contributed by atoms with Crippen molar-refractivity contribution >= 4 is 5.97 Å². The first-order chi connectivity index (χ1) is 12.6. The lowest BCUT2D eigenvalue weighted by molar-refractivity contribution is 0.0695. The Morgan fingerprint density at radius 3 is 1.96 bits per heavy atom. The number of aromatic carboxylic acids is 1. The van der Waals surface area contributed by atoms with Crippen LogP contribution in [0, 0.1) is 0 Å². The molecule has 1 aromatic carbocycles. The Labute approximate surface area is 155 Å². The Bertz CT molecular complexity index is 573. The molecule has 0 unspecified atom stereocenters. The summed E-state index contributed by atoms with van der Waals surface area (Å²) in [7, 11) is 0. The second-order valence-corrected chi connectivity index (χ2v) is 5.65. The van der Waals surface area contributed by atoms with Crippen molar-refractivity contribution in [2.75, 3.05) is 19.8 Å². The molecule has 0 aliphatic carbocycles. The summed E-state index contributed by atoms with van der Waals surface area (Å²) in [6, 6.07) is 2.87. The number of carbonyl (C=O) groups is 1. The van der Waals surface area contributed by atoms with Crippen molar-refractivity contribution in [3.05, 3.63) is 55.7 Å². The van der Waals surface area contributed by atoms with E-state index in [1.54, 1.807) is 12.2 Å². The van der Waals surface area contributed by atoms with E-state index in [1.807, 2.05) is 6.08 Å². The van der Waals surface area contributed by atoms with E-state index in [-0.39, 0.29) is 18.8 Å². The van der Waals surface area contributed by atoms with Crippen LogP contribution >= 0.6 is 0 Å². The van der Waals surface area contributed by atoms with E-state index < -0.39 is 5.97 Å². The average molecular weight is 360 g/mol. The molecule has 5 nitrogen and oxygen atoms in total. The predicted octanol–water partition coefficient (Wildman–Crippen LogP) is 5.03. The third-order valence-electron chi connectivity index (χ3n) is 3.53. The number of carboxylic acids is 1. The Morgan fingerprint density at radius 2 is 1.46 bits per heavy atom. The maximum absolute atomic E-state index is 11.4. The first kappa shape index (κ1) is 21.4. The SMILES string of the molecule is C=CCCCCCCOc1c(OCC=C)cc(C(=O)O)cc1OCC=C. The lowest BCUT2D eigenvalue weighted by Crippen LogP contribution is -2.07. The first-order valence-electron chi connectivity index (χ1n) is 8.76. The molecule has 0 spiro atoms. The van der Waals surface area contributed by atoms with Crippen LogP contribution in [0.3, 0.4) is 0 Å². The molecule has 0 saturated carbocycles. The van der Waals surface area contributed by atoms with Gasteiger partial charge in [0.15, 0.2) is 11.5 Å². The number of hydrogen-bond acceptors (Lipinski definition) is 4. The van der Waals surface area contributed by atoms with Crippen LogP contribution in [0.5, 0.6) is 17.2 Å². The monoisotopic (exact) mass is 360 g/mol. The summed E-state index contributed by atoms with van der Waals surface area (Å²) in [5.74, 6) is 0.00139. The zero-order valence-corrected chi connectivity index (χ0v) is 15.2. The van der Waals surface area contributed by atoms with Gasteiger partial charge in [-0.25, -0.2) is 4.79 Å². The first-order valence-corrected chi connectivity index (χ1v) is 8.76. The number of unbranched alkanes of at least 4 members (excludes halogenated alkanes) is 4. The maximum Gasteiger partial charge on any atom is 0.335 e. The average Bonchev–Trinajstić information content (AvgIpc) is 2.64. The number of carboxylic acid groups (broad SMARTS) is 1. The van der Waals surface area contributed by atoms with E-state index in [1.165, 1.54) is 12.1 Å². The van der Waals surface area contributed by atoms with Gasteiger partial charge < -0.3 is 19.3 Å². The minimum absolute atomic E-state index is 0.0694. The number of ether oxygens (including phenoxy) is 3. The zero-order chi connectivity index (χ0) is 19.2. The second kappa shape index (κ2) is 12.6. The molecule has 5 heteroatoms. The molecule has 0 amide bonds. The fraction of sp³-hybridized carbons (Fsp3) is 0.381. The van der Waals surface area contributed by atoms with E-state index in [4.69, 9.17) is 14.2 Å². The van der Waals surface area contributed by atoms with Crippen LogP contribution in [0.25, 0.3) is 0 Å². The van der Waals surface area contributed by atoms with Crippen LogP contribution in [0.4, 0.5) is 0 Å². The highest BCUT2D eigenvalue weighted by atomic mass is 16.5. The molecule has 26 heavy (non-hydrogen) atoms. The molecule has 0 aliphatic heterocycles. The Kier molecular flexibility index (Phi) is 10.4. The summed E-state index contributed by atoms with van der Waals surface area (Å²) in [6.45, 7) is 11.9. The van der Waals surface area contributed by atoms with Gasteiger partial charge in [0, 0.05) is 0 Å². The van der Waals surface area contributed by atoms with Crippen LogP contribution in [-0.2, 0) is 0 Å². The summed E-state index contributed by atoms with van der Waals surface area (Å²) in [4.78, 5) is 11.4. The Morgan fingerprint density at radius 1 is 0.885 bits per heavy atom. The van der Waals surface area contributed by atoms with Crippen LogP contribution in [0.1, 0.15) is 42.5 Å². The van der Waals surface area contributed by atoms with Crippen LogP contribution in [0.2, 0.25) is 0 Å². The van der Waals surface area contributed by atoms with Crippen molar-refractivity contribution in [2.24, 2.45) is 0 Å². The molecule has 1 rings (SSSR count). The predicted molar refractivity (Wildman–Crippen MR) is 104 cm³/mol. The molecular weight excluding hydrogens is 332 g/mol. The van der Waals surface area contributed by atoms with Crippen LogP contribution < -0.4 is 14.2 Å². The molecule has 142 valence electrons. The van der Waals surface area contributed by atoms with E-state index >= 15 is 0 Å². The largest absolute Gasteiger partial charge is 0.486 e. The van der Waals surface area contributed by atoms with Crippen molar-refractivity contribution in [1.82, 2.24) is 0 Å². The normalized spacial score (nSPS) is 10.0. The van der Waals surface area contributed by atoms with Gasteiger partial charge in [-0.3, -0.25) is 0 Å². The molecule has 0 saturated heterocycles. The maximum atomic E-state index is 11.4. The molecule has 1 N–H and O–H groups in total. The summed E-state index contributed by atoms with van der Waals surface area (Å²) in [6.07, 6.45) is 10.3. The lowest BCUT2D eigenvalue weighted by atomic mass is 10.1. The molecule has 0 heterocycles. The molecule has 0 aromatic heterocycles. The van der Waals surface area contributed by atoms with Crippen molar-refractivity contribution in [3.63, 3.8) is 0 Å². The third-order valence-corrected chi connectivity index (χ3v) is 3.53. The van der Waals surface area contributed by atoms with Gasteiger partial charge in [-0.2, -0.15) is 0 Å². The number of allylic oxidation sites excluding steroid dienone is 1. The van der Waals surface area contributed by atoms with Gasteiger partial charge >= 0.3 is 5.97 Å². The highest BCUT2D eigenvalue weighted by Gasteiger charge is 2.18. The molecule has 1 aromatic rings. The highest BCUT2D eigenvalue weighted by Crippen LogP contribution is 2.39. The van der Waals surface area contributed by atoms with Gasteiger partial charge in [0.25, 0.3) is 0 Å². The van der Waals surface area contributed by atoms with E-state index in [2.05, 4.69) is 19.7 Å². The fourth-order valence-corrected chi connectivity index (χ4v) is 2.27. The third kappa shape index (κ3) is 7.47. The van der Waals surface area contributed by atoms with Crippen molar-refractivity contribution in [3.8, 4) is 17.2 Å². The fourth-order valence-electron chi connectivity index (χ4n) is 2.27. The molecule has 0 aliphatic rings. The van der Waals surface area contributed by atoms with Crippen LogP contribution in [0.15, 0.2) is 50.1 Å². The zero-order valence-electron chi connectivity index (χ0n) is 15.2. The van der Waals surface area contributed by atoms with Crippen molar-refractivity contribution in [1.29, 1.82) is 0 Å². The van der Waals surface area contributed by atoms with E-state index in [0.29, 0.717) is 23.9 Å². The minimum Gasteiger partial charge on any atom is -0.486 e. The molecule has 0 bridgehead atoms. The summed E-state index contributed by atoms with van der Waals surface area (Å²) in [5.41, 5.74) is 0.0694. The Hall–Kier alpha value is -2.69. The minimum atomic E-state index is -1.06.